The van der Waals surface area contributed by atoms with Gasteiger partial charge in [-0.05, 0) is 12.3 Å². The van der Waals surface area contributed by atoms with Crippen molar-refractivity contribution >= 4 is 5.91 Å². The Morgan fingerprint density at radius 1 is 1.43 bits per heavy atom. The summed E-state index contributed by atoms with van der Waals surface area (Å²) in [5, 5.41) is 3.92. The van der Waals surface area contributed by atoms with Gasteiger partial charge in [-0.3, -0.25) is 4.79 Å². The first-order valence-electron chi connectivity index (χ1n) is 7.55. The van der Waals surface area contributed by atoms with E-state index in [1.807, 2.05) is 4.90 Å². The molecule has 0 spiro atoms. The van der Waals surface area contributed by atoms with Crippen LogP contribution in [0.1, 0.15) is 31.6 Å². The zero-order valence-electron chi connectivity index (χ0n) is 12.3. The van der Waals surface area contributed by atoms with E-state index in [0.717, 1.165) is 11.1 Å². The molecular weight excluding hydrogens is 274 g/mol. The molecule has 1 saturated heterocycles. The van der Waals surface area contributed by atoms with Gasteiger partial charge in [0.2, 0.25) is 11.8 Å². The van der Waals surface area contributed by atoms with Crippen molar-refractivity contribution in [2.24, 2.45) is 5.92 Å². The SMILES string of the molecule is Cc1nn(CC(=O)N2CCOCC2CC2CCC2)c(=O)o1. The molecule has 1 aliphatic heterocycles. The lowest BCUT2D eigenvalue weighted by atomic mass is 9.80. The Labute approximate surface area is 122 Å². The van der Waals surface area contributed by atoms with Crippen LogP contribution >= 0.6 is 0 Å². The normalized spacial score (nSPS) is 23.1. The summed E-state index contributed by atoms with van der Waals surface area (Å²) in [6.07, 6.45) is 4.79. The summed E-state index contributed by atoms with van der Waals surface area (Å²) in [5.74, 6) is 0.326. The maximum Gasteiger partial charge on any atom is 0.437 e. The molecule has 1 atom stereocenters. The van der Waals surface area contributed by atoms with Gasteiger partial charge in [-0.2, -0.15) is 4.68 Å². The lowest BCUT2D eigenvalue weighted by Gasteiger charge is -2.39. The summed E-state index contributed by atoms with van der Waals surface area (Å²) in [5.41, 5.74) is 0. The maximum absolute atomic E-state index is 12.5. The molecule has 1 aromatic rings. The van der Waals surface area contributed by atoms with Crippen molar-refractivity contribution in [3.05, 3.63) is 16.4 Å². The van der Waals surface area contributed by atoms with Crippen LogP contribution < -0.4 is 5.76 Å². The molecule has 0 N–H and O–H groups in total. The van der Waals surface area contributed by atoms with Gasteiger partial charge in [-0.1, -0.05) is 19.3 Å². The van der Waals surface area contributed by atoms with Gasteiger partial charge in [0.1, 0.15) is 6.54 Å². The third-order valence-electron chi connectivity index (χ3n) is 4.37. The Morgan fingerprint density at radius 2 is 2.24 bits per heavy atom. The minimum atomic E-state index is -0.579. The summed E-state index contributed by atoms with van der Waals surface area (Å²) in [4.78, 5) is 25.8. The highest BCUT2D eigenvalue weighted by Crippen LogP contribution is 2.32. The number of carbonyl (C=O) groups is 1. The number of aromatic nitrogens is 2. The predicted octanol–water partition coefficient (Wildman–Crippen LogP) is 0.562. The van der Waals surface area contributed by atoms with Gasteiger partial charge in [0.05, 0.1) is 19.3 Å². The average molecular weight is 295 g/mol. The van der Waals surface area contributed by atoms with Gasteiger partial charge in [-0.15, -0.1) is 5.10 Å². The Balaban J connectivity index is 1.65. The molecule has 3 rings (SSSR count). The molecule has 0 bridgehead atoms. The van der Waals surface area contributed by atoms with Gasteiger partial charge in [0.25, 0.3) is 0 Å². The number of amides is 1. The van der Waals surface area contributed by atoms with E-state index in [9.17, 15) is 9.59 Å². The van der Waals surface area contributed by atoms with E-state index in [0.29, 0.717) is 25.7 Å². The van der Waals surface area contributed by atoms with Gasteiger partial charge < -0.3 is 14.1 Å². The van der Waals surface area contributed by atoms with E-state index in [2.05, 4.69) is 5.10 Å². The fourth-order valence-electron chi connectivity index (χ4n) is 3.02. The van der Waals surface area contributed by atoms with Crippen LogP contribution in [0.3, 0.4) is 0 Å². The number of ether oxygens (including phenoxy) is 1. The molecule has 7 nitrogen and oxygen atoms in total. The lowest BCUT2D eigenvalue weighted by molar-refractivity contribution is -0.141. The van der Waals surface area contributed by atoms with Crippen LogP contribution in [0.5, 0.6) is 0 Å². The van der Waals surface area contributed by atoms with Crippen LogP contribution in [0, 0.1) is 12.8 Å². The fraction of sp³-hybridized carbons (Fsp3) is 0.786. The first kappa shape index (κ1) is 14.3. The lowest BCUT2D eigenvalue weighted by Crippen LogP contribution is -2.51. The number of aryl methyl sites for hydroxylation is 1. The number of hydrogen-bond donors (Lipinski definition) is 0. The second-order valence-corrected chi connectivity index (χ2v) is 5.89. The van der Waals surface area contributed by atoms with Crippen LogP contribution in [-0.4, -0.2) is 46.4 Å². The van der Waals surface area contributed by atoms with E-state index in [4.69, 9.17) is 9.15 Å². The van der Waals surface area contributed by atoms with E-state index in [1.54, 1.807) is 6.92 Å². The Bertz CT molecular complexity index is 561. The molecule has 0 radical (unpaired) electrons. The molecule has 1 aromatic heterocycles. The standard InChI is InChI=1S/C14H21N3O4/c1-10-15-17(14(19)21-10)8-13(18)16-5-6-20-9-12(16)7-11-3-2-4-11/h11-12H,2-9H2,1H3. The zero-order valence-corrected chi connectivity index (χ0v) is 12.3. The van der Waals surface area contributed by atoms with Crippen molar-refractivity contribution < 1.29 is 13.9 Å². The topological polar surface area (TPSA) is 77.6 Å². The highest BCUT2D eigenvalue weighted by molar-refractivity contribution is 5.76. The van der Waals surface area contributed by atoms with Crippen LogP contribution in [0.2, 0.25) is 0 Å². The van der Waals surface area contributed by atoms with Crippen molar-refractivity contribution in [3.8, 4) is 0 Å². The van der Waals surface area contributed by atoms with Crippen LogP contribution in [0.4, 0.5) is 0 Å². The summed E-state index contributed by atoms with van der Waals surface area (Å²) in [7, 11) is 0. The molecule has 1 amide bonds. The molecule has 2 heterocycles. The highest BCUT2D eigenvalue weighted by Gasteiger charge is 2.31. The summed E-state index contributed by atoms with van der Waals surface area (Å²) in [6, 6.07) is 0.125. The molecule has 0 aromatic carbocycles. The van der Waals surface area contributed by atoms with Crippen LogP contribution in [0.15, 0.2) is 9.21 Å². The van der Waals surface area contributed by atoms with E-state index in [-0.39, 0.29) is 24.4 Å². The summed E-state index contributed by atoms with van der Waals surface area (Å²) in [6.45, 7) is 3.27. The van der Waals surface area contributed by atoms with E-state index < -0.39 is 5.76 Å². The minimum absolute atomic E-state index is 0.0582. The minimum Gasteiger partial charge on any atom is -0.393 e. The number of nitrogens with zero attached hydrogens (tertiary/aromatic N) is 3. The van der Waals surface area contributed by atoms with E-state index in [1.165, 1.54) is 19.3 Å². The number of morpholine rings is 1. The predicted molar refractivity (Wildman–Crippen MR) is 73.8 cm³/mol. The molecule has 1 aliphatic carbocycles. The molecule has 1 unspecified atom stereocenters. The van der Waals surface area contributed by atoms with Crippen LogP contribution in [0.25, 0.3) is 0 Å². The Hall–Kier alpha value is -1.63. The van der Waals surface area contributed by atoms with Crippen LogP contribution in [-0.2, 0) is 16.1 Å². The molecule has 116 valence electrons. The van der Waals surface area contributed by atoms with Gasteiger partial charge in [0, 0.05) is 13.5 Å². The van der Waals surface area contributed by atoms with Crippen molar-refractivity contribution in [1.82, 2.24) is 14.7 Å². The third-order valence-corrected chi connectivity index (χ3v) is 4.37. The monoisotopic (exact) mass is 295 g/mol. The van der Waals surface area contributed by atoms with Crippen molar-refractivity contribution in [2.45, 2.75) is 45.2 Å². The molecule has 2 fully saturated rings. The molecular formula is C14H21N3O4. The zero-order chi connectivity index (χ0) is 14.8. The first-order valence-corrected chi connectivity index (χ1v) is 7.55. The smallest absolute Gasteiger partial charge is 0.393 e. The van der Waals surface area contributed by atoms with Gasteiger partial charge >= 0.3 is 5.76 Å². The Kier molecular flexibility index (Phi) is 4.10. The van der Waals surface area contributed by atoms with E-state index >= 15 is 0 Å². The summed E-state index contributed by atoms with van der Waals surface area (Å²) < 4.78 is 11.4. The molecule has 2 aliphatic rings. The fourth-order valence-corrected chi connectivity index (χ4v) is 3.02. The first-order chi connectivity index (χ1) is 10.1. The second kappa shape index (κ2) is 6.01. The van der Waals surface area contributed by atoms with Gasteiger partial charge in [0.15, 0.2) is 0 Å². The maximum atomic E-state index is 12.5. The molecule has 21 heavy (non-hydrogen) atoms. The van der Waals surface area contributed by atoms with Crippen molar-refractivity contribution in [2.75, 3.05) is 19.8 Å². The number of hydrogen-bond acceptors (Lipinski definition) is 5. The molecule has 7 heteroatoms. The van der Waals surface area contributed by atoms with Gasteiger partial charge in [-0.25, -0.2) is 4.79 Å². The number of rotatable bonds is 4. The van der Waals surface area contributed by atoms with Crippen molar-refractivity contribution in [1.29, 1.82) is 0 Å². The largest absolute Gasteiger partial charge is 0.437 e. The third kappa shape index (κ3) is 3.18. The summed E-state index contributed by atoms with van der Waals surface area (Å²) >= 11 is 0. The quantitative estimate of drug-likeness (QED) is 0.811. The highest BCUT2D eigenvalue weighted by atomic mass is 16.5. The number of carbonyl (C=O) groups excluding carboxylic acids is 1. The second-order valence-electron chi connectivity index (χ2n) is 5.89. The van der Waals surface area contributed by atoms with Crippen molar-refractivity contribution in [3.63, 3.8) is 0 Å². The Morgan fingerprint density at radius 3 is 2.86 bits per heavy atom. The average Bonchev–Trinajstić information content (AvgIpc) is 2.72. The molecule has 1 saturated carbocycles.